The van der Waals surface area contributed by atoms with Crippen LogP contribution in [0.3, 0.4) is 0 Å². The van der Waals surface area contributed by atoms with E-state index in [-0.39, 0.29) is 5.43 Å². The van der Waals surface area contributed by atoms with E-state index < -0.39 is 0 Å². The lowest BCUT2D eigenvalue weighted by molar-refractivity contribution is 0.579. The Balaban J connectivity index is 1.81. The molecule has 1 aliphatic rings. The van der Waals surface area contributed by atoms with Crippen LogP contribution in [0.1, 0.15) is 25.7 Å². The van der Waals surface area contributed by atoms with Gasteiger partial charge in [-0.15, -0.1) is 0 Å². The molecule has 3 rings (SSSR count). The Hall–Kier alpha value is -1.77. The smallest absolute Gasteiger partial charge is 0.191 e. The SMILES string of the molecule is O=c1cc(NCC2CCCC2)[nH]c2ccccc12. The standard InChI is InChI=1S/C15H18N2O/c18-14-9-15(16-10-11-5-1-2-6-11)17-13-8-4-3-7-12(13)14/h3-4,7-9,11H,1-2,5-6,10H2,(H2,16,17,18). The van der Waals surface area contributed by atoms with Crippen LogP contribution in [0.4, 0.5) is 5.82 Å². The van der Waals surface area contributed by atoms with Crippen LogP contribution >= 0.6 is 0 Å². The van der Waals surface area contributed by atoms with Gasteiger partial charge in [-0.2, -0.15) is 0 Å². The topological polar surface area (TPSA) is 44.9 Å². The van der Waals surface area contributed by atoms with Crippen LogP contribution in [0.2, 0.25) is 0 Å². The van der Waals surface area contributed by atoms with Gasteiger partial charge >= 0.3 is 0 Å². The monoisotopic (exact) mass is 242 g/mol. The van der Waals surface area contributed by atoms with E-state index >= 15 is 0 Å². The lowest BCUT2D eigenvalue weighted by atomic mass is 10.1. The number of rotatable bonds is 3. The van der Waals surface area contributed by atoms with Crippen molar-refractivity contribution in [3.8, 4) is 0 Å². The molecule has 2 aromatic rings. The van der Waals surface area contributed by atoms with E-state index in [1.165, 1.54) is 25.7 Å². The molecule has 0 spiro atoms. The van der Waals surface area contributed by atoms with Gasteiger partial charge < -0.3 is 10.3 Å². The summed E-state index contributed by atoms with van der Waals surface area (Å²) in [6.45, 7) is 0.967. The summed E-state index contributed by atoms with van der Waals surface area (Å²) in [5.41, 5.74) is 0.984. The van der Waals surface area contributed by atoms with Crippen LogP contribution in [-0.2, 0) is 0 Å². The van der Waals surface area contributed by atoms with E-state index in [0.717, 1.165) is 29.2 Å². The number of fused-ring (bicyclic) bond motifs is 1. The minimum absolute atomic E-state index is 0.0817. The van der Waals surface area contributed by atoms with Gasteiger partial charge in [-0.25, -0.2) is 0 Å². The molecule has 0 atom stereocenters. The summed E-state index contributed by atoms with van der Waals surface area (Å²) in [5.74, 6) is 1.60. The zero-order valence-electron chi connectivity index (χ0n) is 10.4. The minimum Gasteiger partial charge on any atom is -0.371 e. The summed E-state index contributed by atoms with van der Waals surface area (Å²) < 4.78 is 0. The summed E-state index contributed by atoms with van der Waals surface area (Å²) in [4.78, 5) is 15.2. The molecule has 1 aliphatic carbocycles. The molecule has 0 unspecified atom stereocenters. The van der Waals surface area contributed by atoms with Crippen molar-refractivity contribution in [2.75, 3.05) is 11.9 Å². The van der Waals surface area contributed by atoms with Gasteiger partial charge in [0.2, 0.25) is 0 Å². The molecule has 1 fully saturated rings. The molecule has 1 aromatic heterocycles. The zero-order valence-corrected chi connectivity index (χ0v) is 10.4. The molecule has 0 bridgehead atoms. The molecular weight excluding hydrogens is 224 g/mol. The van der Waals surface area contributed by atoms with Crippen LogP contribution in [0.15, 0.2) is 35.1 Å². The number of anilines is 1. The van der Waals surface area contributed by atoms with Crippen molar-refractivity contribution in [3.63, 3.8) is 0 Å². The van der Waals surface area contributed by atoms with Crippen molar-refractivity contribution in [3.05, 3.63) is 40.6 Å². The number of pyridine rings is 1. The third-order valence-corrected chi connectivity index (χ3v) is 3.79. The van der Waals surface area contributed by atoms with Crippen molar-refractivity contribution in [1.29, 1.82) is 0 Å². The maximum absolute atomic E-state index is 11.9. The molecule has 1 heterocycles. The first-order valence-electron chi connectivity index (χ1n) is 6.69. The first kappa shape index (κ1) is 11.3. The average molecular weight is 242 g/mol. The Morgan fingerprint density at radius 2 is 2.00 bits per heavy atom. The van der Waals surface area contributed by atoms with E-state index in [1.54, 1.807) is 6.07 Å². The summed E-state index contributed by atoms with van der Waals surface area (Å²) >= 11 is 0. The van der Waals surface area contributed by atoms with Crippen molar-refractivity contribution < 1.29 is 0 Å². The zero-order chi connectivity index (χ0) is 12.4. The first-order chi connectivity index (χ1) is 8.83. The Labute approximate surface area is 106 Å². The second-order valence-corrected chi connectivity index (χ2v) is 5.12. The minimum atomic E-state index is 0.0817. The van der Waals surface area contributed by atoms with Gasteiger partial charge in [-0.05, 0) is 30.9 Å². The molecular formula is C15H18N2O. The quantitative estimate of drug-likeness (QED) is 0.868. The molecule has 1 saturated carbocycles. The van der Waals surface area contributed by atoms with Gasteiger partial charge in [0.1, 0.15) is 5.82 Å². The van der Waals surface area contributed by atoms with Crippen LogP contribution in [0.5, 0.6) is 0 Å². The van der Waals surface area contributed by atoms with Crippen LogP contribution in [0, 0.1) is 5.92 Å². The van der Waals surface area contributed by atoms with Crippen LogP contribution in [-0.4, -0.2) is 11.5 Å². The van der Waals surface area contributed by atoms with Gasteiger partial charge in [0.05, 0.1) is 5.52 Å². The predicted octanol–water partition coefficient (Wildman–Crippen LogP) is 3.13. The van der Waals surface area contributed by atoms with Crippen LogP contribution < -0.4 is 10.7 Å². The summed E-state index contributed by atoms with van der Waals surface area (Å²) in [5, 5.41) is 4.12. The highest BCUT2D eigenvalue weighted by atomic mass is 16.1. The highest BCUT2D eigenvalue weighted by Gasteiger charge is 2.14. The normalized spacial score (nSPS) is 16.2. The molecule has 0 saturated heterocycles. The number of para-hydroxylation sites is 1. The fraction of sp³-hybridized carbons (Fsp3) is 0.400. The van der Waals surface area contributed by atoms with Gasteiger partial charge in [0, 0.05) is 18.0 Å². The molecule has 0 radical (unpaired) electrons. The average Bonchev–Trinajstić information content (AvgIpc) is 2.90. The van der Waals surface area contributed by atoms with Crippen molar-refractivity contribution in [1.82, 2.24) is 4.98 Å². The molecule has 18 heavy (non-hydrogen) atoms. The largest absolute Gasteiger partial charge is 0.371 e. The highest BCUT2D eigenvalue weighted by molar-refractivity contribution is 5.79. The number of hydrogen-bond acceptors (Lipinski definition) is 2. The summed E-state index contributed by atoms with van der Waals surface area (Å²) in [6.07, 6.45) is 5.32. The fourth-order valence-electron chi connectivity index (χ4n) is 2.76. The van der Waals surface area contributed by atoms with E-state index in [2.05, 4.69) is 10.3 Å². The number of aromatic nitrogens is 1. The van der Waals surface area contributed by atoms with E-state index in [1.807, 2.05) is 24.3 Å². The fourth-order valence-corrected chi connectivity index (χ4v) is 2.76. The van der Waals surface area contributed by atoms with Gasteiger partial charge in [0.15, 0.2) is 5.43 Å². The summed E-state index contributed by atoms with van der Waals surface area (Å²) in [7, 11) is 0. The first-order valence-corrected chi connectivity index (χ1v) is 6.69. The maximum atomic E-state index is 11.9. The van der Waals surface area contributed by atoms with E-state index in [9.17, 15) is 4.79 Å². The van der Waals surface area contributed by atoms with Crippen LogP contribution in [0.25, 0.3) is 10.9 Å². The number of H-pyrrole nitrogens is 1. The Morgan fingerprint density at radius 3 is 2.83 bits per heavy atom. The lowest BCUT2D eigenvalue weighted by Crippen LogP contribution is -2.14. The highest BCUT2D eigenvalue weighted by Crippen LogP contribution is 2.24. The number of aromatic amines is 1. The van der Waals surface area contributed by atoms with Gasteiger partial charge in [-0.1, -0.05) is 25.0 Å². The Morgan fingerprint density at radius 1 is 1.22 bits per heavy atom. The summed E-state index contributed by atoms with van der Waals surface area (Å²) in [6, 6.07) is 9.30. The number of nitrogens with one attached hydrogen (secondary N) is 2. The molecule has 1 aromatic carbocycles. The van der Waals surface area contributed by atoms with Gasteiger partial charge in [-0.3, -0.25) is 4.79 Å². The lowest BCUT2D eigenvalue weighted by Gasteiger charge is -2.12. The molecule has 3 heteroatoms. The van der Waals surface area contributed by atoms with E-state index in [0.29, 0.717) is 0 Å². The van der Waals surface area contributed by atoms with E-state index in [4.69, 9.17) is 0 Å². The Kier molecular flexibility index (Phi) is 3.05. The third-order valence-electron chi connectivity index (χ3n) is 3.79. The van der Waals surface area contributed by atoms with Crippen molar-refractivity contribution in [2.24, 2.45) is 5.92 Å². The third kappa shape index (κ3) is 2.26. The maximum Gasteiger partial charge on any atom is 0.191 e. The molecule has 0 aliphatic heterocycles. The predicted molar refractivity (Wildman–Crippen MR) is 75.0 cm³/mol. The molecule has 0 amide bonds. The molecule has 2 N–H and O–H groups in total. The number of hydrogen-bond donors (Lipinski definition) is 2. The van der Waals surface area contributed by atoms with Crippen molar-refractivity contribution in [2.45, 2.75) is 25.7 Å². The molecule has 94 valence electrons. The second-order valence-electron chi connectivity index (χ2n) is 5.12. The second kappa shape index (κ2) is 4.84. The molecule has 3 nitrogen and oxygen atoms in total. The van der Waals surface area contributed by atoms with Gasteiger partial charge in [0.25, 0.3) is 0 Å². The van der Waals surface area contributed by atoms with Crippen molar-refractivity contribution >= 4 is 16.7 Å². The number of benzene rings is 1. The Bertz CT molecular complexity index is 597.